The van der Waals surface area contributed by atoms with Gasteiger partial charge in [0.25, 0.3) is 0 Å². The molecule has 0 heterocycles. The minimum atomic E-state index is 0.750. The average Bonchev–Trinajstić information content (AvgIpc) is 3.56. The number of hydrogen-bond acceptors (Lipinski definition) is 6. The maximum absolute atomic E-state index is 8.35. The van der Waals surface area contributed by atoms with E-state index in [2.05, 4.69) is 0 Å². The Morgan fingerprint density at radius 2 is 0.243 bits per heavy atom. The van der Waals surface area contributed by atoms with Gasteiger partial charge in [-0.25, -0.2) is 30.6 Å². The molecule has 0 bridgehead atoms. The molecule has 4 saturated carbocycles. The second kappa shape index (κ2) is 44.2. The van der Waals surface area contributed by atoms with E-state index in [-0.39, 0.29) is 0 Å². The molecule has 4 aliphatic carbocycles. The van der Waals surface area contributed by atoms with Crippen molar-refractivity contribution in [3.63, 3.8) is 0 Å². The lowest BCUT2D eigenvalue weighted by molar-refractivity contribution is 0.562. The van der Waals surface area contributed by atoms with Gasteiger partial charge in [-0.3, -0.25) is 0 Å². The van der Waals surface area contributed by atoms with E-state index in [0.29, 0.717) is 0 Å². The minimum absolute atomic E-state index is 0.750. The fraction of sp³-hybridized carbons (Fsp3) is 0.903. The second-order valence-electron chi connectivity index (χ2n) is 10.2. The lowest BCUT2D eigenvalue weighted by atomic mass is 10.2. The van der Waals surface area contributed by atoms with Crippen molar-refractivity contribution in [2.75, 3.05) is 0 Å². The molecule has 216 valence electrons. The molecule has 4 rings (SSSR count). The molecule has 0 atom stereocenters. The molecule has 6 heteroatoms. The summed E-state index contributed by atoms with van der Waals surface area (Å²) in [4.78, 5) is 25.0. The van der Waals surface area contributed by atoms with Gasteiger partial charge in [-0.15, -0.1) is 0 Å². The maximum atomic E-state index is 8.35. The van der Waals surface area contributed by atoms with Crippen LogP contribution in [-0.2, 0) is 14.4 Å². The van der Waals surface area contributed by atoms with Crippen LogP contribution in [-0.4, -0.2) is 18.2 Å². The highest BCUT2D eigenvalue weighted by Gasteiger charge is 1.97. The van der Waals surface area contributed by atoms with Crippen LogP contribution < -0.4 is 0 Å². The van der Waals surface area contributed by atoms with Crippen LogP contribution in [0.1, 0.15) is 180 Å². The number of hydrogen-bond donors (Lipinski definition) is 3. The average molecular weight is 522 g/mol. The Morgan fingerprint density at radius 3 is 0.270 bits per heavy atom. The molecule has 0 aromatic rings. The summed E-state index contributed by atoms with van der Waals surface area (Å²) < 4.78 is 0. The third-order valence-electron chi connectivity index (χ3n) is 7.00. The largest absolute Gasteiger partial charge is 0.231 e. The molecule has 0 aromatic carbocycles. The Bertz CT molecular complexity index is 345. The van der Waals surface area contributed by atoms with Crippen molar-refractivity contribution < 1.29 is 14.4 Å². The zero-order chi connectivity index (χ0) is 27.9. The topological polar surface area (TPSA) is 123 Å². The van der Waals surface area contributed by atoms with Crippen molar-refractivity contribution in [1.29, 1.82) is 16.2 Å². The first-order valence-corrected chi connectivity index (χ1v) is 15.4. The van der Waals surface area contributed by atoms with E-state index in [0.717, 1.165) is 18.2 Å². The van der Waals surface area contributed by atoms with Gasteiger partial charge in [0.15, 0.2) is 0 Å². The summed E-state index contributed by atoms with van der Waals surface area (Å²) in [5.74, 6) is 0. The summed E-state index contributed by atoms with van der Waals surface area (Å²) in [5, 5.41) is 16.2. The Balaban J connectivity index is -0.000000377. The first-order chi connectivity index (χ1) is 18.2. The lowest BCUT2D eigenvalue weighted by Crippen LogP contribution is -1.66. The molecular formula is C31H59N3O3. The van der Waals surface area contributed by atoms with Gasteiger partial charge in [-0.1, -0.05) is 180 Å². The third kappa shape index (κ3) is 51.6. The first-order valence-electron chi connectivity index (χ1n) is 15.4. The van der Waals surface area contributed by atoms with Crippen LogP contribution in [0.3, 0.4) is 0 Å². The number of isocyanates is 3. The van der Waals surface area contributed by atoms with Crippen LogP contribution >= 0.6 is 0 Å². The van der Waals surface area contributed by atoms with E-state index in [4.69, 9.17) is 30.6 Å². The molecule has 6 nitrogen and oxygen atoms in total. The summed E-state index contributed by atoms with van der Waals surface area (Å²) in [6, 6.07) is 0. The Hall–Kier alpha value is -1.86. The molecule has 0 saturated heterocycles. The van der Waals surface area contributed by atoms with Crippen molar-refractivity contribution in [2.24, 2.45) is 0 Å². The van der Waals surface area contributed by atoms with Gasteiger partial charge in [-0.05, 0) is 0 Å². The molecule has 0 radical (unpaired) electrons. The minimum Gasteiger partial charge on any atom is -0.222 e. The molecule has 4 fully saturated rings. The Morgan fingerprint density at radius 1 is 0.216 bits per heavy atom. The van der Waals surface area contributed by atoms with E-state index >= 15 is 0 Å². The highest BCUT2D eigenvalue weighted by atomic mass is 16.1. The third-order valence-corrected chi connectivity index (χ3v) is 7.00. The number of rotatable bonds is 0. The van der Waals surface area contributed by atoms with E-state index in [1.54, 1.807) is 0 Å². The summed E-state index contributed by atoms with van der Waals surface area (Å²) in [5.41, 5.74) is 0. The molecule has 0 amide bonds. The Labute approximate surface area is 228 Å². The van der Waals surface area contributed by atoms with Crippen molar-refractivity contribution in [3.8, 4) is 0 Å². The van der Waals surface area contributed by atoms with E-state index in [9.17, 15) is 0 Å². The smallest absolute Gasteiger partial charge is 0.222 e. The quantitative estimate of drug-likeness (QED) is 0.167. The molecular weight excluding hydrogens is 462 g/mol. The number of nitrogens with one attached hydrogen (secondary N) is 3. The monoisotopic (exact) mass is 521 g/mol. The van der Waals surface area contributed by atoms with Gasteiger partial charge < -0.3 is 0 Å². The molecule has 0 spiro atoms. The van der Waals surface area contributed by atoms with Crippen LogP contribution in [0.25, 0.3) is 0 Å². The number of carbonyl (C=O) groups excluding carboxylic acids is 3. The molecule has 3 N–H and O–H groups in total. The summed E-state index contributed by atoms with van der Waals surface area (Å²) >= 11 is 0. The highest BCUT2D eigenvalue weighted by molar-refractivity contribution is 5.26. The van der Waals surface area contributed by atoms with Crippen molar-refractivity contribution >= 4 is 18.2 Å². The summed E-state index contributed by atoms with van der Waals surface area (Å²) in [6.07, 6.45) is 44.2. The van der Waals surface area contributed by atoms with E-state index < -0.39 is 0 Å². The lowest BCUT2D eigenvalue weighted by Gasteiger charge is -1.85. The van der Waals surface area contributed by atoms with Crippen molar-refractivity contribution in [2.45, 2.75) is 180 Å². The second-order valence-corrected chi connectivity index (χ2v) is 10.2. The van der Waals surface area contributed by atoms with Crippen LogP contribution in [0.2, 0.25) is 0 Å². The van der Waals surface area contributed by atoms with Crippen LogP contribution in [0.15, 0.2) is 0 Å². The zero-order valence-corrected chi connectivity index (χ0v) is 24.0. The predicted octanol–water partition coefficient (Wildman–Crippen LogP) is 10.6. The molecule has 37 heavy (non-hydrogen) atoms. The standard InChI is InChI=1S/4C7H14.3CHNO/c4*1-2-4-6-7-5-3-1;3*2-1-3/h4*1-7H2;3*2H. The molecule has 0 aromatic heterocycles. The van der Waals surface area contributed by atoms with Crippen molar-refractivity contribution in [1.82, 2.24) is 0 Å². The zero-order valence-electron chi connectivity index (χ0n) is 24.0. The van der Waals surface area contributed by atoms with Gasteiger partial charge in [-0.2, -0.15) is 0 Å². The first kappa shape index (κ1) is 39.6. The van der Waals surface area contributed by atoms with Gasteiger partial charge in [0, 0.05) is 0 Å². The fourth-order valence-electron chi connectivity index (χ4n) is 4.95. The molecule has 0 aliphatic heterocycles. The van der Waals surface area contributed by atoms with E-state index in [1.807, 2.05) is 0 Å². The summed E-state index contributed by atoms with van der Waals surface area (Å²) in [7, 11) is 0. The summed E-state index contributed by atoms with van der Waals surface area (Å²) in [6.45, 7) is 0. The van der Waals surface area contributed by atoms with Gasteiger partial charge in [0.2, 0.25) is 18.2 Å². The van der Waals surface area contributed by atoms with Gasteiger partial charge in [0.05, 0.1) is 0 Å². The van der Waals surface area contributed by atoms with E-state index in [1.165, 1.54) is 180 Å². The van der Waals surface area contributed by atoms with Crippen molar-refractivity contribution in [3.05, 3.63) is 0 Å². The van der Waals surface area contributed by atoms with Crippen LogP contribution in [0.5, 0.6) is 0 Å². The maximum Gasteiger partial charge on any atom is 0.231 e. The fourth-order valence-corrected chi connectivity index (χ4v) is 4.95. The SMILES string of the molecule is C1CCCCCC1.C1CCCCCC1.C1CCCCCC1.C1CCCCCC1.N=C=O.N=C=O.N=C=O. The molecule has 0 unspecified atom stereocenters. The normalized spacial score (nSPS) is 18.8. The van der Waals surface area contributed by atoms with Gasteiger partial charge >= 0.3 is 0 Å². The predicted molar refractivity (Wildman–Crippen MR) is 155 cm³/mol. The van der Waals surface area contributed by atoms with Crippen LogP contribution in [0.4, 0.5) is 0 Å². The Kier molecular flexibility index (Phi) is 47.3. The van der Waals surface area contributed by atoms with Gasteiger partial charge in [0.1, 0.15) is 0 Å². The van der Waals surface area contributed by atoms with Crippen LogP contribution in [0, 0.1) is 16.2 Å². The highest BCUT2D eigenvalue weighted by Crippen LogP contribution is 2.17. The molecule has 4 aliphatic rings.